The highest BCUT2D eigenvalue weighted by Crippen LogP contribution is 2.19. The van der Waals surface area contributed by atoms with Gasteiger partial charge in [-0.3, -0.25) is 15.0 Å². The quantitative estimate of drug-likeness (QED) is 0.777. The smallest absolute Gasteiger partial charge is 0.321 e. The Morgan fingerprint density at radius 3 is 2.54 bits per heavy atom. The molecule has 8 heteroatoms. The van der Waals surface area contributed by atoms with Crippen LogP contribution in [0.15, 0.2) is 30.3 Å². The monoisotopic (exact) mass is 353 g/mol. The number of urea groups is 1. The number of rotatable bonds is 6. The van der Waals surface area contributed by atoms with Crippen molar-refractivity contribution in [2.24, 2.45) is 0 Å². The zero-order valence-electron chi connectivity index (χ0n) is 13.7. The van der Waals surface area contributed by atoms with E-state index in [1.54, 1.807) is 6.92 Å². The van der Waals surface area contributed by atoms with Crippen molar-refractivity contribution in [2.75, 3.05) is 24.6 Å². The second kappa shape index (κ2) is 8.25. The van der Waals surface area contributed by atoms with Crippen molar-refractivity contribution in [1.82, 2.24) is 15.5 Å². The van der Waals surface area contributed by atoms with Crippen molar-refractivity contribution >= 4 is 21.8 Å². The summed E-state index contributed by atoms with van der Waals surface area (Å²) >= 11 is 0. The molecular weight excluding hydrogens is 330 g/mol. The molecule has 1 aliphatic heterocycles. The lowest BCUT2D eigenvalue weighted by atomic mass is 10.1. The summed E-state index contributed by atoms with van der Waals surface area (Å²) in [6.45, 7) is 2.62. The molecule has 0 aromatic heterocycles. The van der Waals surface area contributed by atoms with Gasteiger partial charge in [0.25, 0.3) is 0 Å². The molecule has 7 nitrogen and oxygen atoms in total. The van der Waals surface area contributed by atoms with E-state index in [0.717, 1.165) is 5.56 Å². The minimum absolute atomic E-state index is 0.0216. The molecule has 2 N–H and O–H groups in total. The molecule has 2 rings (SSSR count). The molecule has 24 heavy (non-hydrogen) atoms. The lowest BCUT2D eigenvalue weighted by Gasteiger charge is -2.27. The second-order valence-corrected chi connectivity index (χ2v) is 8.08. The van der Waals surface area contributed by atoms with E-state index < -0.39 is 21.8 Å². The zero-order valence-corrected chi connectivity index (χ0v) is 14.5. The molecule has 1 aromatic carbocycles. The lowest BCUT2D eigenvalue weighted by Crippen LogP contribution is -2.47. The minimum atomic E-state index is -3.05. The molecule has 1 unspecified atom stereocenters. The summed E-state index contributed by atoms with van der Waals surface area (Å²) in [4.78, 5) is 25.4. The number of sulfone groups is 1. The van der Waals surface area contributed by atoms with Crippen molar-refractivity contribution in [3.8, 4) is 0 Å². The molecule has 3 amide bonds. The number of amides is 3. The Labute approximate surface area is 142 Å². The first kappa shape index (κ1) is 18.4. The van der Waals surface area contributed by atoms with Gasteiger partial charge >= 0.3 is 6.03 Å². The fourth-order valence-corrected chi connectivity index (χ4v) is 4.51. The Bertz CT molecular complexity index is 676. The average Bonchev–Trinajstić information content (AvgIpc) is 2.88. The summed E-state index contributed by atoms with van der Waals surface area (Å²) in [5.41, 5.74) is 0.993. The number of carbonyl (C=O) groups is 2. The first-order valence-electron chi connectivity index (χ1n) is 7.95. The molecule has 1 atom stereocenters. The molecule has 0 radical (unpaired) electrons. The van der Waals surface area contributed by atoms with Gasteiger partial charge < -0.3 is 5.32 Å². The highest BCUT2D eigenvalue weighted by atomic mass is 32.2. The molecular formula is C16H23N3O4S. The van der Waals surface area contributed by atoms with Crippen LogP contribution in [-0.2, 0) is 21.2 Å². The fraction of sp³-hybridized carbons (Fsp3) is 0.500. The normalized spacial score (nSPS) is 19.2. The number of hydrogen-bond donors (Lipinski definition) is 2. The van der Waals surface area contributed by atoms with E-state index in [2.05, 4.69) is 10.6 Å². The lowest BCUT2D eigenvalue weighted by molar-refractivity contribution is -0.121. The number of hydrogen-bond acceptors (Lipinski definition) is 5. The van der Waals surface area contributed by atoms with Crippen LogP contribution >= 0.6 is 0 Å². The number of nitrogens with zero attached hydrogens (tertiary/aromatic N) is 1. The maximum absolute atomic E-state index is 12.1. The summed E-state index contributed by atoms with van der Waals surface area (Å²) in [5.74, 6) is -0.254. The van der Waals surface area contributed by atoms with E-state index in [1.807, 2.05) is 35.2 Å². The van der Waals surface area contributed by atoms with Gasteiger partial charge in [-0.25, -0.2) is 13.2 Å². The number of carbonyl (C=O) groups excluding carboxylic acids is 2. The van der Waals surface area contributed by atoms with Gasteiger partial charge in [0.1, 0.15) is 0 Å². The van der Waals surface area contributed by atoms with Crippen LogP contribution in [0.1, 0.15) is 18.9 Å². The molecule has 1 heterocycles. The Kier molecular flexibility index (Phi) is 6.33. The van der Waals surface area contributed by atoms with Crippen molar-refractivity contribution < 1.29 is 18.0 Å². The van der Waals surface area contributed by atoms with E-state index >= 15 is 0 Å². The Balaban J connectivity index is 2.05. The third-order valence-corrected chi connectivity index (χ3v) is 5.64. The SMILES string of the molecule is CCNC(=O)NC(=O)CN(Cc1ccccc1)C1CCS(=O)(=O)C1. The third kappa shape index (κ3) is 5.61. The standard InChI is InChI=1S/C16H23N3O4S/c1-2-17-16(21)18-15(20)11-19(10-13-6-4-3-5-7-13)14-8-9-24(22,23)12-14/h3-7,14H,2,8-12H2,1H3,(H2,17,18,20,21). The van der Waals surface area contributed by atoms with Gasteiger partial charge in [-0.1, -0.05) is 30.3 Å². The van der Waals surface area contributed by atoms with Gasteiger partial charge in [0.2, 0.25) is 5.91 Å². The zero-order chi connectivity index (χ0) is 17.6. The van der Waals surface area contributed by atoms with Crippen molar-refractivity contribution in [2.45, 2.75) is 25.9 Å². The van der Waals surface area contributed by atoms with Crippen LogP contribution in [0.4, 0.5) is 4.79 Å². The van der Waals surface area contributed by atoms with Gasteiger partial charge in [-0.15, -0.1) is 0 Å². The van der Waals surface area contributed by atoms with Crippen molar-refractivity contribution in [1.29, 1.82) is 0 Å². The number of nitrogens with one attached hydrogen (secondary N) is 2. The fourth-order valence-electron chi connectivity index (χ4n) is 2.75. The average molecular weight is 353 g/mol. The largest absolute Gasteiger partial charge is 0.338 e. The molecule has 1 aromatic rings. The third-order valence-electron chi connectivity index (χ3n) is 3.89. The van der Waals surface area contributed by atoms with Gasteiger partial charge in [0.05, 0.1) is 18.1 Å². The summed E-state index contributed by atoms with van der Waals surface area (Å²) in [6, 6.07) is 8.80. The summed E-state index contributed by atoms with van der Waals surface area (Å²) < 4.78 is 23.5. The molecule has 0 bridgehead atoms. The van der Waals surface area contributed by atoms with Crippen LogP contribution in [0.3, 0.4) is 0 Å². The number of benzene rings is 1. The van der Waals surface area contributed by atoms with Crippen LogP contribution < -0.4 is 10.6 Å². The van der Waals surface area contributed by atoms with E-state index in [-0.39, 0.29) is 24.1 Å². The Morgan fingerprint density at radius 1 is 1.25 bits per heavy atom. The highest BCUT2D eigenvalue weighted by molar-refractivity contribution is 7.91. The van der Waals surface area contributed by atoms with Crippen molar-refractivity contribution in [3.63, 3.8) is 0 Å². The van der Waals surface area contributed by atoms with Gasteiger partial charge in [0, 0.05) is 19.1 Å². The highest BCUT2D eigenvalue weighted by Gasteiger charge is 2.33. The number of imide groups is 1. The first-order chi connectivity index (χ1) is 11.4. The van der Waals surface area contributed by atoms with Crippen LogP contribution in [0.25, 0.3) is 0 Å². The Morgan fingerprint density at radius 2 is 1.96 bits per heavy atom. The van der Waals surface area contributed by atoms with Crippen LogP contribution in [0, 0.1) is 0 Å². The van der Waals surface area contributed by atoms with E-state index in [0.29, 0.717) is 19.5 Å². The molecule has 132 valence electrons. The van der Waals surface area contributed by atoms with E-state index in [1.165, 1.54) is 0 Å². The van der Waals surface area contributed by atoms with Gasteiger partial charge in [-0.2, -0.15) is 0 Å². The molecule has 1 saturated heterocycles. The van der Waals surface area contributed by atoms with Gasteiger partial charge in [-0.05, 0) is 18.9 Å². The molecule has 0 saturated carbocycles. The Hall–Kier alpha value is -1.93. The topological polar surface area (TPSA) is 95.6 Å². The first-order valence-corrected chi connectivity index (χ1v) is 9.78. The predicted octanol–water partition coefficient (Wildman–Crippen LogP) is 0.521. The van der Waals surface area contributed by atoms with Crippen LogP contribution in [0.5, 0.6) is 0 Å². The second-order valence-electron chi connectivity index (χ2n) is 5.86. The maximum atomic E-state index is 12.1. The van der Waals surface area contributed by atoms with E-state index in [4.69, 9.17) is 0 Å². The van der Waals surface area contributed by atoms with Crippen LogP contribution in [-0.4, -0.2) is 55.9 Å². The predicted molar refractivity (Wildman–Crippen MR) is 91.1 cm³/mol. The van der Waals surface area contributed by atoms with Gasteiger partial charge in [0.15, 0.2) is 9.84 Å². The molecule has 1 fully saturated rings. The van der Waals surface area contributed by atoms with Crippen molar-refractivity contribution in [3.05, 3.63) is 35.9 Å². The maximum Gasteiger partial charge on any atom is 0.321 e. The van der Waals surface area contributed by atoms with E-state index in [9.17, 15) is 18.0 Å². The molecule has 0 spiro atoms. The summed E-state index contributed by atoms with van der Waals surface area (Å²) in [7, 11) is -3.05. The minimum Gasteiger partial charge on any atom is -0.338 e. The summed E-state index contributed by atoms with van der Waals surface area (Å²) in [6.07, 6.45) is 0.504. The molecule has 0 aliphatic carbocycles. The van der Waals surface area contributed by atoms with Crippen LogP contribution in [0.2, 0.25) is 0 Å². The molecule has 1 aliphatic rings. The summed E-state index contributed by atoms with van der Waals surface area (Å²) in [5, 5.41) is 4.76.